The fourth-order valence-electron chi connectivity index (χ4n) is 4.90. The molecule has 1 saturated heterocycles. The van der Waals surface area contributed by atoms with Crippen molar-refractivity contribution in [3.63, 3.8) is 0 Å². The van der Waals surface area contributed by atoms with Gasteiger partial charge in [0.15, 0.2) is 21.8 Å². The lowest BCUT2D eigenvalue weighted by atomic mass is 9.94. The molecule has 0 spiro atoms. The van der Waals surface area contributed by atoms with Gasteiger partial charge in [0, 0.05) is 12.2 Å². The summed E-state index contributed by atoms with van der Waals surface area (Å²) in [6.07, 6.45) is 16.3. The molecule has 0 unspecified atom stereocenters. The molecule has 0 radical (unpaired) electrons. The van der Waals surface area contributed by atoms with E-state index < -0.39 is 0 Å². The maximum Gasteiger partial charge on any atom is 0.267 e. The number of hydrogen-bond acceptors (Lipinski definition) is 6. The zero-order valence-electron chi connectivity index (χ0n) is 22.5. The number of amides is 1. The van der Waals surface area contributed by atoms with Gasteiger partial charge in [-0.3, -0.25) is 9.69 Å². The monoisotopic (exact) mass is 555 g/mol. The fraction of sp³-hybridized carbons (Fsp3) is 0.500. The second kappa shape index (κ2) is 14.6. The number of methoxy groups -OCH3 is 1. The van der Waals surface area contributed by atoms with Crippen molar-refractivity contribution in [1.29, 1.82) is 0 Å². The molecule has 1 aliphatic heterocycles. The molecule has 1 amide bonds. The molecule has 2 heterocycles. The summed E-state index contributed by atoms with van der Waals surface area (Å²) in [4.78, 5) is 25.1. The highest BCUT2D eigenvalue weighted by Gasteiger charge is 2.38. The number of aromatic nitrogens is 1. The van der Waals surface area contributed by atoms with Gasteiger partial charge in [-0.2, -0.15) is 0 Å². The van der Waals surface area contributed by atoms with Gasteiger partial charge in [-0.15, -0.1) is 0 Å². The predicted octanol–water partition coefficient (Wildman–Crippen LogP) is 8.42. The minimum Gasteiger partial charge on any atom is -0.493 e. The summed E-state index contributed by atoms with van der Waals surface area (Å²) in [6, 6.07) is 9.60. The summed E-state index contributed by atoms with van der Waals surface area (Å²) in [7, 11) is 1.65. The highest BCUT2D eigenvalue weighted by atomic mass is 35.5. The van der Waals surface area contributed by atoms with Gasteiger partial charge >= 0.3 is 0 Å². The summed E-state index contributed by atoms with van der Waals surface area (Å²) in [5, 5.41) is 0.990. The topological polar surface area (TPSA) is 64.0 Å². The van der Waals surface area contributed by atoms with E-state index in [1.54, 1.807) is 19.4 Å². The number of amidine groups is 1. The van der Waals surface area contributed by atoms with Crippen molar-refractivity contribution < 1.29 is 14.3 Å². The molecule has 4 rings (SSSR count). The minimum absolute atomic E-state index is 0.0111. The fourth-order valence-corrected chi connectivity index (χ4v) is 6.11. The highest BCUT2D eigenvalue weighted by molar-refractivity contribution is 8.18. The van der Waals surface area contributed by atoms with Crippen molar-refractivity contribution >= 4 is 46.2 Å². The molecule has 0 N–H and O–H groups in total. The molecule has 204 valence electrons. The van der Waals surface area contributed by atoms with Gasteiger partial charge in [-0.1, -0.05) is 76.0 Å². The Morgan fingerprint density at radius 2 is 1.89 bits per heavy atom. The third-order valence-corrected chi connectivity index (χ3v) is 8.25. The normalized spacial score (nSPS) is 18.5. The summed E-state index contributed by atoms with van der Waals surface area (Å²) in [6.45, 7) is 2.90. The van der Waals surface area contributed by atoms with Crippen molar-refractivity contribution in [2.24, 2.45) is 4.99 Å². The Kier molecular flexibility index (Phi) is 10.9. The number of carbonyl (C=O) groups is 1. The zero-order chi connectivity index (χ0) is 26.7. The van der Waals surface area contributed by atoms with Crippen LogP contribution in [0.25, 0.3) is 6.08 Å². The molecule has 1 saturated carbocycles. The molecular weight excluding hydrogens is 518 g/mol. The summed E-state index contributed by atoms with van der Waals surface area (Å²) in [5.41, 5.74) is 1.45. The largest absolute Gasteiger partial charge is 0.493 e. The standard InChI is InChI=1S/C30H38ClN3O3S/c1-3-4-5-6-7-11-19-37-25-17-16-22(20-26(25)36-2)21-27-29(35)34(23-13-9-8-10-14-23)30(38-27)33-24-15-12-18-32-28(24)31/h12,15-18,20-21,23H,3-11,13-14,19H2,1-2H3/b27-21-,33-30?. The van der Waals surface area contributed by atoms with Crippen LogP contribution in [0.3, 0.4) is 0 Å². The van der Waals surface area contributed by atoms with Crippen molar-refractivity contribution in [2.45, 2.75) is 83.6 Å². The number of rotatable bonds is 12. The van der Waals surface area contributed by atoms with Gasteiger partial charge in [0.05, 0.1) is 18.6 Å². The van der Waals surface area contributed by atoms with Crippen LogP contribution in [0.5, 0.6) is 11.5 Å². The van der Waals surface area contributed by atoms with E-state index in [0.717, 1.165) is 43.4 Å². The van der Waals surface area contributed by atoms with E-state index in [1.165, 1.54) is 50.3 Å². The lowest BCUT2D eigenvalue weighted by Crippen LogP contribution is -2.40. The molecule has 0 bridgehead atoms. The van der Waals surface area contributed by atoms with Crippen LogP contribution in [0.4, 0.5) is 5.69 Å². The number of hydrogen-bond donors (Lipinski definition) is 0. The van der Waals surface area contributed by atoms with Crippen LogP contribution < -0.4 is 9.47 Å². The maximum absolute atomic E-state index is 13.6. The highest BCUT2D eigenvalue weighted by Crippen LogP contribution is 2.40. The maximum atomic E-state index is 13.6. The molecule has 2 aliphatic rings. The van der Waals surface area contributed by atoms with E-state index >= 15 is 0 Å². The van der Waals surface area contributed by atoms with Crippen LogP contribution >= 0.6 is 23.4 Å². The Labute approximate surface area is 235 Å². The summed E-state index contributed by atoms with van der Waals surface area (Å²) >= 11 is 7.68. The van der Waals surface area contributed by atoms with E-state index in [2.05, 4.69) is 11.9 Å². The quantitative estimate of drug-likeness (QED) is 0.149. The Bertz CT molecular complexity index is 1150. The lowest BCUT2D eigenvalue weighted by molar-refractivity contribution is -0.124. The first-order chi connectivity index (χ1) is 18.6. The third-order valence-electron chi connectivity index (χ3n) is 6.97. The number of nitrogens with zero attached hydrogens (tertiary/aromatic N) is 3. The number of carbonyl (C=O) groups excluding carboxylic acids is 1. The van der Waals surface area contributed by atoms with Crippen molar-refractivity contribution in [3.8, 4) is 11.5 Å². The van der Waals surface area contributed by atoms with Gasteiger partial charge in [-0.05, 0) is 66.9 Å². The lowest BCUT2D eigenvalue weighted by Gasteiger charge is -2.30. The minimum atomic E-state index is -0.0111. The Morgan fingerprint density at radius 1 is 1.11 bits per heavy atom. The second-order valence-corrected chi connectivity index (χ2v) is 11.2. The Hall–Kier alpha value is -2.51. The molecule has 1 aromatic heterocycles. The first-order valence-electron chi connectivity index (χ1n) is 13.8. The number of ether oxygens (including phenoxy) is 2. The van der Waals surface area contributed by atoms with Crippen molar-refractivity contribution in [1.82, 2.24) is 9.88 Å². The number of halogens is 1. The molecule has 8 heteroatoms. The molecule has 6 nitrogen and oxygen atoms in total. The van der Waals surface area contributed by atoms with E-state index in [9.17, 15) is 4.79 Å². The number of aliphatic imine (C=N–C) groups is 1. The average molecular weight is 556 g/mol. The van der Waals surface area contributed by atoms with E-state index in [-0.39, 0.29) is 11.9 Å². The number of thioether (sulfide) groups is 1. The van der Waals surface area contributed by atoms with Crippen LogP contribution in [-0.2, 0) is 4.79 Å². The molecule has 0 atom stereocenters. The van der Waals surface area contributed by atoms with E-state index in [4.69, 9.17) is 26.1 Å². The van der Waals surface area contributed by atoms with Crippen LogP contribution in [0, 0.1) is 0 Å². The molecule has 2 fully saturated rings. The Balaban J connectivity index is 1.50. The van der Waals surface area contributed by atoms with E-state index in [1.807, 2.05) is 35.2 Å². The molecular formula is C30H38ClN3O3S. The van der Waals surface area contributed by atoms with Gasteiger partial charge in [0.1, 0.15) is 5.69 Å². The third kappa shape index (κ3) is 7.54. The van der Waals surface area contributed by atoms with Gasteiger partial charge in [-0.25, -0.2) is 9.98 Å². The first kappa shape index (κ1) is 28.5. The summed E-state index contributed by atoms with van der Waals surface area (Å²) in [5.74, 6) is 1.38. The first-order valence-corrected chi connectivity index (χ1v) is 15.0. The number of unbranched alkanes of at least 4 members (excludes halogenated alkanes) is 5. The van der Waals surface area contributed by atoms with Crippen LogP contribution in [0.1, 0.15) is 83.1 Å². The SMILES string of the molecule is CCCCCCCCOc1ccc(/C=C2\SC(=Nc3cccnc3Cl)N(C3CCCCC3)C2=O)cc1OC. The predicted molar refractivity (Wildman–Crippen MR) is 157 cm³/mol. The van der Waals surface area contributed by atoms with Gasteiger partial charge in [0.25, 0.3) is 5.91 Å². The Morgan fingerprint density at radius 3 is 2.66 bits per heavy atom. The molecule has 38 heavy (non-hydrogen) atoms. The molecule has 2 aromatic rings. The second-order valence-electron chi connectivity index (χ2n) is 9.81. The van der Waals surface area contributed by atoms with E-state index in [0.29, 0.717) is 33.3 Å². The van der Waals surface area contributed by atoms with Crippen molar-refractivity contribution in [2.75, 3.05) is 13.7 Å². The van der Waals surface area contributed by atoms with Gasteiger partial charge < -0.3 is 9.47 Å². The smallest absolute Gasteiger partial charge is 0.267 e. The van der Waals surface area contributed by atoms with Crippen LogP contribution in [0.15, 0.2) is 46.4 Å². The van der Waals surface area contributed by atoms with Crippen LogP contribution in [-0.4, -0.2) is 40.7 Å². The summed E-state index contributed by atoms with van der Waals surface area (Å²) < 4.78 is 11.6. The van der Waals surface area contributed by atoms with Crippen molar-refractivity contribution in [3.05, 3.63) is 52.2 Å². The zero-order valence-corrected chi connectivity index (χ0v) is 24.0. The average Bonchev–Trinajstić information content (AvgIpc) is 3.24. The number of pyridine rings is 1. The molecule has 1 aromatic carbocycles. The van der Waals surface area contributed by atoms with Gasteiger partial charge in [0.2, 0.25) is 0 Å². The van der Waals surface area contributed by atoms with Crippen LogP contribution in [0.2, 0.25) is 5.15 Å². The number of benzene rings is 1. The molecule has 1 aliphatic carbocycles.